The number of urea groups is 1. The molecule has 1 aromatic carbocycles. The number of likely N-dealkylation sites (N-methyl/N-ethyl adjacent to an activating group) is 1. The lowest BCUT2D eigenvalue weighted by Gasteiger charge is -2.15. The molecular weight excluding hydrogens is 332 g/mol. The van der Waals surface area contributed by atoms with Gasteiger partial charge in [0.15, 0.2) is 0 Å². The van der Waals surface area contributed by atoms with Crippen LogP contribution in [0.5, 0.6) is 5.75 Å². The van der Waals surface area contributed by atoms with Gasteiger partial charge in [0.2, 0.25) is 11.8 Å². The Labute approximate surface area is 142 Å². The van der Waals surface area contributed by atoms with Crippen LogP contribution in [0.2, 0.25) is 0 Å². The minimum absolute atomic E-state index is 0.178. The monoisotopic (exact) mass is 348 g/mol. The molecule has 25 heavy (non-hydrogen) atoms. The van der Waals surface area contributed by atoms with Gasteiger partial charge in [-0.15, -0.1) is 0 Å². The van der Waals surface area contributed by atoms with Crippen molar-refractivity contribution in [2.75, 3.05) is 32.1 Å². The van der Waals surface area contributed by atoms with E-state index in [1.54, 1.807) is 0 Å². The summed E-state index contributed by atoms with van der Waals surface area (Å²) in [5, 5.41) is 4.55. The fourth-order valence-electron chi connectivity index (χ4n) is 2.07. The Hall–Kier alpha value is -3.43. The Morgan fingerprint density at radius 3 is 2.24 bits per heavy atom. The first-order valence-corrected chi connectivity index (χ1v) is 7.20. The summed E-state index contributed by atoms with van der Waals surface area (Å²) in [5.41, 5.74) is 0.178. The minimum atomic E-state index is -1.11. The van der Waals surface area contributed by atoms with Crippen molar-refractivity contribution in [3.63, 3.8) is 0 Å². The number of anilines is 1. The number of nitrogens with one attached hydrogen (secondary N) is 2. The van der Waals surface area contributed by atoms with Gasteiger partial charge in [-0.25, -0.2) is 14.6 Å². The number of nitrogens with zero attached hydrogens (tertiary/aromatic N) is 2. The van der Waals surface area contributed by atoms with Gasteiger partial charge in [0.25, 0.3) is 0 Å². The summed E-state index contributed by atoms with van der Waals surface area (Å²) in [6.07, 6.45) is 0. The Kier molecular flexibility index (Phi) is 5.32. The Morgan fingerprint density at radius 1 is 1.04 bits per heavy atom. The second-order valence-corrected chi connectivity index (χ2v) is 4.96. The summed E-state index contributed by atoms with van der Waals surface area (Å²) < 4.78 is 4.98. The molecule has 1 aromatic rings. The van der Waals surface area contributed by atoms with Crippen LogP contribution in [0.3, 0.4) is 0 Å². The highest BCUT2D eigenvalue weighted by molar-refractivity contribution is 6.53. The summed E-state index contributed by atoms with van der Waals surface area (Å²) in [4.78, 5) is 60.4. The van der Waals surface area contributed by atoms with Gasteiger partial charge in [0, 0.05) is 7.05 Å². The molecule has 0 bridgehead atoms. The standard InChI is InChI=1S/C15H16N4O6/c1-16-11(20)7-17-12(21)8-18-13(22)14(23)19(15(18)24)9-3-5-10(25-2)6-4-9/h3-6H,7-8H2,1-2H3,(H,16,20)(H,17,21). The first-order chi connectivity index (χ1) is 11.9. The van der Waals surface area contributed by atoms with Gasteiger partial charge in [0.05, 0.1) is 19.3 Å². The quantitative estimate of drug-likeness (QED) is 0.494. The summed E-state index contributed by atoms with van der Waals surface area (Å²) in [5.74, 6) is -2.84. The van der Waals surface area contributed by atoms with Crippen LogP contribution in [0.15, 0.2) is 24.3 Å². The molecule has 10 heteroatoms. The molecule has 1 aliphatic heterocycles. The van der Waals surface area contributed by atoms with Crippen LogP contribution < -0.4 is 20.3 Å². The molecule has 0 saturated carbocycles. The lowest BCUT2D eigenvalue weighted by atomic mass is 10.3. The number of amides is 6. The molecule has 2 N–H and O–H groups in total. The van der Waals surface area contributed by atoms with E-state index >= 15 is 0 Å². The Balaban J connectivity index is 2.10. The van der Waals surface area contributed by atoms with Crippen molar-refractivity contribution in [1.29, 1.82) is 0 Å². The average Bonchev–Trinajstić information content (AvgIpc) is 2.83. The highest BCUT2D eigenvalue weighted by Crippen LogP contribution is 2.24. The first kappa shape index (κ1) is 17.9. The van der Waals surface area contributed by atoms with Gasteiger partial charge in [-0.3, -0.25) is 19.2 Å². The molecule has 132 valence electrons. The van der Waals surface area contributed by atoms with Crippen molar-refractivity contribution in [2.45, 2.75) is 0 Å². The maximum Gasteiger partial charge on any atom is 0.339 e. The van der Waals surface area contributed by atoms with Gasteiger partial charge in [-0.05, 0) is 24.3 Å². The molecule has 0 atom stereocenters. The molecule has 6 amide bonds. The van der Waals surface area contributed by atoms with Crippen molar-refractivity contribution in [3.8, 4) is 5.75 Å². The van der Waals surface area contributed by atoms with Crippen molar-refractivity contribution in [3.05, 3.63) is 24.3 Å². The average molecular weight is 348 g/mol. The molecule has 1 fully saturated rings. The number of imide groups is 2. The van der Waals surface area contributed by atoms with E-state index in [1.807, 2.05) is 0 Å². The highest BCUT2D eigenvalue weighted by Gasteiger charge is 2.46. The molecule has 0 aromatic heterocycles. The van der Waals surface area contributed by atoms with E-state index in [0.29, 0.717) is 15.5 Å². The molecule has 0 aliphatic carbocycles. The maximum atomic E-state index is 12.3. The second-order valence-electron chi connectivity index (χ2n) is 4.96. The third-order valence-electron chi connectivity index (χ3n) is 3.41. The van der Waals surface area contributed by atoms with Crippen molar-refractivity contribution >= 4 is 35.3 Å². The minimum Gasteiger partial charge on any atom is -0.497 e. The molecule has 1 aliphatic rings. The summed E-state index contributed by atoms with van der Waals surface area (Å²) in [7, 11) is 2.86. The van der Waals surface area contributed by atoms with E-state index in [9.17, 15) is 24.0 Å². The van der Waals surface area contributed by atoms with Crippen LogP contribution >= 0.6 is 0 Å². The number of carbonyl (C=O) groups is 5. The van der Waals surface area contributed by atoms with Gasteiger partial charge in [0.1, 0.15) is 12.3 Å². The normalized spacial score (nSPS) is 13.9. The zero-order valence-electron chi connectivity index (χ0n) is 13.6. The van der Waals surface area contributed by atoms with Gasteiger partial charge in [-0.2, -0.15) is 0 Å². The fourth-order valence-corrected chi connectivity index (χ4v) is 2.07. The fraction of sp³-hybridized carbons (Fsp3) is 0.267. The number of benzene rings is 1. The number of hydrogen-bond acceptors (Lipinski definition) is 6. The number of methoxy groups -OCH3 is 1. The lowest BCUT2D eigenvalue weighted by Crippen LogP contribution is -2.44. The van der Waals surface area contributed by atoms with Crippen LogP contribution in [0.4, 0.5) is 10.5 Å². The van der Waals surface area contributed by atoms with E-state index in [0.717, 1.165) is 0 Å². The van der Waals surface area contributed by atoms with Gasteiger partial charge in [-0.1, -0.05) is 0 Å². The largest absolute Gasteiger partial charge is 0.497 e. The lowest BCUT2D eigenvalue weighted by molar-refractivity contribution is -0.140. The number of rotatable bonds is 6. The second kappa shape index (κ2) is 7.43. The predicted octanol–water partition coefficient (Wildman–Crippen LogP) is -1.15. The van der Waals surface area contributed by atoms with Gasteiger partial charge < -0.3 is 15.4 Å². The Bertz CT molecular complexity index is 730. The maximum absolute atomic E-state index is 12.3. The van der Waals surface area contributed by atoms with E-state index in [4.69, 9.17) is 4.74 Å². The van der Waals surface area contributed by atoms with Crippen molar-refractivity contribution < 1.29 is 28.7 Å². The molecule has 0 spiro atoms. The molecule has 1 saturated heterocycles. The Morgan fingerprint density at radius 2 is 1.68 bits per heavy atom. The summed E-state index contributed by atoms with van der Waals surface area (Å²) in [6, 6.07) is 5.00. The van der Waals surface area contributed by atoms with Crippen LogP contribution in [0.1, 0.15) is 0 Å². The first-order valence-electron chi connectivity index (χ1n) is 7.20. The number of hydrogen-bond donors (Lipinski definition) is 2. The zero-order valence-corrected chi connectivity index (χ0v) is 13.6. The van der Waals surface area contributed by atoms with E-state index < -0.39 is 36.2 Å². The molecule has 0 radical (unpaired) electrons. The highest BCUT2D eigenvalue weighted by atomic mass is 16.5. The van der Waals surface area contributed by atoms with Crippen molar-refractivity contribution in [1.82, 2.24) is 15.5 Å². The smallest absolute Gasteiger partial charge is 0.339 e. The number of carbonyl (C=O) groups excluding carboxylic acids is 5. The van der Waals surface area contributed by atoms with E-state index in [1.165, 1.54) is 38.4 Å². The van der Waals surface area contributed by atoms with Crippen LogP contribution in [-0.2, 0) is 19.2 Å². The van der Waals surface area contributed by atoms with Crippen LogP contribution in [0.25, 0.3) is 0 Å². The van der Waals surface area contributed by atoms with E-state index in [2.05, 4.69) is 10.6 Å². The summed E-state index contributed by atoms with van der Waals surface area (Å²) >= 11 is 0. The van der Waals surface area contributed by atoms with Crippen LogP contribution in [-0.4, -0.2) is 61.8 Å². The van der Waals surface area contributed by atoms with Crippen LogP contribution in [0, 0.1) is 0 Å². The zero-order chi connectivity index (χ0) is 18.6. The molecule has 10 nitrogen and oxygen atoms in total. The summed E-state index contributed by atoms with van der Waals surface area (Å²) in [6.45, 7) is -0.964. The van der Waals surface area contributed by atoms with Gasteiger partial charge >= 0.3 is 17.8 Å². The number of ether oxygens (including phenoxy) is 1. The topological polar surface area (TPSA) is 125 Å². The third-order valence-corrected chi connectivity index (χ3v) is 3.41. The van der Waals surface area contributed by atoms with Crippen molar-refractivity contribution in [2.24, 2.45) is 0 Å². The molecule has 0 unspecified atom stereocenters. The molecule has 2 rings (SSSR count). The molecule has 1 heterocycles. The van der Waals surface area contributed by atoms with E-state index in [-0.39, 0.29) is 12.2 Å². The molecular formula is C15H16N4O6. The predicted molar refractivity (Wildman–Crippen MR) is 84.7 cm³/mol. The SMILES string of the molecule is CNC(=O)CNC(=O)CN1C(=O)C(=O)N(c2ccc(OC)cc2)C1=O. The third kappa shape index (κ3) is 3.74.